The number of ether oxygens (including phenoxy) is 6. The lowest BCUT2D eigenvalue weighted by Crippen LogP contribution is -2.54. The number of carbonyl (C=O) groups is 2. The maximum absolute atomic E-state index is 13.4. The van der Waals surface area contributed by atoms with Crippen LogP contribution in [0.5, 0.6) is 23.0 Å². The fourth-order valence-corrected chi connectivity index (χ4v) is 17.2. The van der Waals surface area contributed by atoms with Crippen molar-refractivity contribution in [1.29, 1.82) is 0 Å². The standard InChI is InChI=1S/C30H38N4O6.C27H34N4O6.C11H13N3O3S.C10H11N3O.C9H11ClN2O.C6H5BrClN.2CH4/c1-18-12-32-27(11-23(18)31-6)33-13-21(14-33)39-25-10-20(8-9-24(25)37-7)22-15-34(17-30(22,5)19(2)35)28(36)26-16-38-29(3,4)40-26;1-16-10-29-25(9-21(16)28-4)30-11-19(12-30)37-24-8-18(6-7-23(24)36-5)20-13-31(26(35)22(34)14-32)15-27(20,3)17(2)33;1-8-5-13-11(4-10(8)12-2)14-6-9(7-14)17-18(3,15)16;1-7-4-12-10(3-9(7)11-2)13-5-8(14)6-13;1-6-3-11-9(2-8(6)10)12-4-7(13)5-12;1-4-3-9-6(7)2-5(4)8;;/h8-12,19,21-22,26,35H,13-17H2,1-5,7H3;6-10,17,19-20,22,32-34H,11-15H2,1-3,5H3;4-5,9H,6-7H2,1,3H3;3-4,8,14H,5-6H2,1H3;2-3,7,13H,4-5H2,1H3;2-3H,1H3;2*1H4/t19-,22+,26+,30+;17-,20+,22+,27+;;;;;;/m11....../s1. The maximum atomic E-state index is 13.4. The highest BCUT2D eigenvalue weighted by atomic mass is 79.9. The largest absolute Gasteiger partial charge is 0.493 e. The summed E-state index contributed by atoms with van der Waals surface area (Å²) in [6, 6.07) is 22.2. The number of hydrogen-bond donors (Lipinski definition) is 6. The SMILES string of the molecule is C.C.Cc1cnc(Br)cc1Cl.Cc1cnc(N2CC(O)C2)cc1Cl.[C-]#[N+]c1cc(N2CC(O)C2)ncc1C.[C-]#[N+]c1cc(N2CC(OS(C)(=O)=O)C2)ncc1C.[C-]#[N+]c1cc(N2CC(Oc3cc([C@@H]4CN(C(=O)[C@@H](O)CO)C[C@@]4(C)[C@@H](C)O)ccc3OC)C2)ncc1C.[C-]#[N+]c1cc(N2CC(Oc3cc([C@@H]4CN(C(=O)[C@@H]5COC(C)(C)O5)C[C@@]4(C)[C@@H](C)O)ccc3OC)C2)ncc1C. The first-order chi connectivity index (χ1) is 62.0. The Kier molecular flexibility index (Phi) is 36.1. The summed E-state index contributed by atoms with van der Waals surface area (Å²) in [5.74, 6) is 4.39. The molecule has 8 fully saturated rings. The van der Waals surface area contributed by atoms with Gasteiger partial charge >= 0.3 is 0 Å². The quantitative estimate of drug-likeness (QED) is 0.0234. The lowest BCUT2D eigenvalue weighted by Gasteiger charge is -2.40. The topological polar surface area (TPSA) is 372 Å². The minimum absolute atomic E-state index is 0. The fraction of sp³-hybridized carbons (Fsp3) is 0.495. The summed E-state index contributed by atoms with van der Waals surface area (Å²) in [6.45, 7) is 57.9. The molecule has 8 aromatic rings. The number of nitrogens with zero attached hydrogens (tertiary/aromatic N) is 17. The number of amides is 2. The molecule has 0 radical (unpaired) electrons. The third-order valence-electron chi connectivity index (χ3n) is 24.5. The number of aryl methyl sites for hydroxylation is 6. The van der Waals surface area contributed by atoms with Gasteiger partial charge in [0.05, 0.1) is 111 Å². The van der Waals surface area contributed by atoms with Gasteiger partial charge in [0, 0.05) is 135 Å². The number of pyridine rings is 6. The van der Waals surface area contributed by atoms with Crippen LogP contribution in [0.4, 0.5) is 51.8 Å². The molecule has 8 aliphatic rings. The highest BCUT2D eigenvalue weighted by Crippen LogP contribution is 2.50. The predicted molar refractivity (Wildman–Crippen MR) is 514 cm³/mol. The number of methoxy groups -OCH3 is 2. The number of carbonyl (C=O) groups excluding carboxylic acids is 2. The average molecular weight is 1950 g/mol. The van der Waals surface area contributed by atoms with Gasteiger partial charge in [-0.1, -0.05) is 64.0 Å². The van der Waals surface area contributed by atoms with Gasteiger partial charge in [-0.3, -0.25) is 13.8 Å². The summed E-state index contributed by atoms with van der Waals surface area (Å²) in [5, 5.41) is 60.3. The molecule has 0 spiro atoms. The van der Waals surface area contributed by atoms with E-state index in [1.165, 1.54) is 4.90 Å². The van der Waals surface area contributed by atoms with Gasteiger partial charge in [-0.25, -0.2) is 49.3 Å². The van der Waals surface area contributed by atoms with Gasteiger partial charge < -0.3 is 93.4 Å². The zero-order valence-electron chi connectivity index (χ0n) is 75.9. The van der Waals surface area contributed by atoms with E-state index in [1.807, 2.05) is 124 Å². The van der Waals surface area contributed by atoms with E-state index in [0.29, 0.717) is 137 Å². The van der Waals surface area contributed by atoms with Crippen molar-refractivity contribution in [1.82, 2.24) is 39.7 Å². The molecule has 0 bridgehead atoms. The zero-order valence-corrected chi connectivity index (χ0v) is 79.8. The highest BCUT2D eigenvalue weighted by Gasteiger charge is 2.52. The van der Waals surface area contributed by atoms with Crippen LogP contribution >= 0.6 is 39.1 Å². The predicted octanol–water partition coefficient (Wildman–Crippen LogP) is 13.1. The minimum atomic E-state index is -3.40. The molecular weight excluding hydrogens is 1830 g/mol. The number of aliphatic hydroxyl groups excluding tert-OH is 6. The Morgan fingerprint density at radius 3 is 1.17 bits per heavy atom. The van der Waals surface area contributed by atoms with Crippen molar-refractivity contribution < 1.29 is 81.3 Å². The van der Waals surface area contributed by atoms with Crippen molar-refractivity contribution in [3.05, 3.63) is 215 Å². The maximum Gasteiger partial charge on any atom is 0.264 e. The number of anilines is 5. The molecule has 0 unspecified atom stereocenters. The highest BCUT2D eigenvalue weighted by molar-refractivity contribution is 9.10. The van der Waals surface area contributed by atoms with Crippen LogP contribution in [-0.2, 0) is 33.4 Å². The van der Waals surface area contributed by atoms with E-state index in [2.05, 4.69) is 70.1 Å². The molecule has 714 valence electrons. The third kappa shape index (κ3) is 26.0. The number of rotatable bonds is 20. The van der Waals surface area contributed by atoms with Crippen LogP contribution in [0.15, 0.2) is 115 Å². The molecule has 8 saturated heterocycles. The van der Waals surface area contributed by atoms with Gasteiger partial charge in [-0.15, -0.1) is 0 Å². The molecule has 8 atom stereocenters. The molecule has 6 aromatic heterocycles. The molecule has 6 N–H and O–H groups in total. The smallest absolute Gasteiger partial charge is 0.264 e. The van der Waals surface area contributed by atoms with Crippen molar-refractivity contribution in [3.8, 4) is 23.0 Å². The number of halogens is 3. The van der Waals surface area contributed by atoms with Gasteiger partial charge in [0.25, 0.3) is 21.9 Å². The van der Waals surface area contributed by atoms with Crippen molar-refractivity contribution in [2.75, 3.05) is 150 Å². The zero-order chi connectivity index (χ0) is 95.5. The average Bonchev–Trinajstić information content (AvgIpc) is 1.60. The molecule has 2 aromatic carbocycles. The number of aliphatic hydroxyl groups is 6. The van der Waals surface area contributed by atoms with Crippen molar-refractivity contribution >= 4 is 113 Å². The molecule has 2 amide bonds. The number of benzene rings is 2. The Balaban J connectivity index is 0.000000193. The normalized spacial score (nSPS) is 20.8. The Morgan fingerprint density at radius 2 is 0.850 bits per heavy atom. The number of aromatic nitrogens is 6. The van der Waals surface area contributed by atoms with E-state index in [-0.39, 0.29) is 76.3 Å². The molecule has 8 aliphatic heterocycles. The second-order valence-electron chi connectivity index (χ2n) is 34.8. The monoisotopic (exact) mass is 1950 g/mol. The summed E-state index contributed by atoms with van der Waals surface area (Å²) in [6.07, 6.45) is 6.84. The molecular formula is C95H120BrCl2N17O17S. The van der Waals surface area contributed by atoms with Crippen molar-refractivity contribution in [3.63, 3.8) is 0 Å². The van der Waals surface area contributed by atoms with Crippen LogP contribution in [-0.4, -0.2) is 277 Å². The number of β-amino-alcohol motifs (C(OH)–C–C–N with tert-alkyl or cyclic N) is 2. The summed E-state index contributed by atoms with van der Waals surface area (Å²) in [4.78, 5) is 78.7. The van der Waals surface area contributed by atoms with E-state index >= 15 is 0 Å². The van der Waals surface area contributed by atoms with E-state index < -0.39 is 63.7 Å². The van der Waals surface area contributed by atoms with E-state index in [0.717, 1.165) is 88.7 Å². The van der Waals surface area contributed by atoms with E-state index in [9.17, 15) is 38.4 Å². The van der Waals surface area contributed by atoms with Crippen molar-refractivity contribution in [2.24, 2.45) is 10.8 Å². The van der Waals surface area contributed by atoms with E-state index in [1.54, 1.807) is 108 Å². The van der Waals surface area contributed by atoms with Gasteiger partial charge in [0.1, 0.15) is 52.0 Å². The first kappa shape index (κ1) is 106. The van der Waals surface area contributed by atoms with Crippen LogP contribution in [0.25, 0.3) is 19.4 Å². The van der Waals surface area contributed by atoms with Gasteiger partial charge in [-0.05, 0) is 190 Å². The van der Waals surface area contributed by atoms with Crippen LogP contribution in [0, 0.1) is 78.7 Å². The molecule has 34 nitrogen and oxygen atoms in total. The molecule has 16 rings (SSSR count). The molecule has 14 heterocycles. The summed E-state index contributed by atoms with van der Waals surface area (Å²) < 4.78 is 62.7. The van der Waals surface area contributed by atoms with Gasteiger partial charge in [0.2, 0.25) is 0 Å². The molecule has 0 aliphatic carbocycles. The molecule has 38 heteroatoms. The first-order valence-corrected chi connectivity index (χ1v) is 45.9. The fourth-order valence-electron chi connectivity index (χ4n) is 15.8. The van der Waals surface area contributed by atoms with Crippen LogP contribution in [0.2, 0.25) is 10.0 Å². The molecule has 0 saturated carbocycles. The Labute approximate surface area is 797 Å². The third-order valence-corrected chi connectivity index (χ3v) is 26.3. The van der Waals surface area contributed by atoms with Crippen LogP contribution in [0.1, 0.15) is 113 Å². The van der Waals surface area contributed by atoms with Crippen LogP contribution < -0.4 is 43.4 Å². The first-order valence-electron chi connectivity index (χ1n) is 42.5. The lowest BCUT2D eigenvalue weighted by molar-refractivity contribution is -0.159. The Bertz CT molecular complexity index is 5720. The minimum Gasteiger partial charge on any atom is -0.493 e. The lowest BCUT2D eigenvalue weighted by atomic mass is 9.72. The molecule has 133 heavy (non-hydrogen) atoms. The van der Waals surface area contributed by atoms with Gasteiger partial charge in [0.15, 0.2) is 63.7 Å². The Morgan fingerprint density at radius 1 is 0.511 bits per heavy atom. The number of likely N-dealkylation sites (tertiary alicyclic amines) is 2. The summed E-state index contributed by atoms with van der Waals surface area (Å²) in [7, 11) is -0.223. The summed E-state index contributed by atoms with van der Waals surface area (Å²) in [5.41, 5.74) is 8.41. The second kappa shape index (κ2) is 45.4. The number of hydrogen-bond acceptors (Lipinski definition) is 28. The second-order valence-corrected chi connectivity index (χ2v) is 38.0. The van der Waals surface area contributed by atoms with E-state index in [4.69, 9.17) is 92.3 Å². The van der Waals surface area contributed by atoms with Crippen LogP contribution in [0.3, 0.4) is 0 Å². The van der Waals surface area contributed by atoms with Gasteiger partial charge in [-0.2, -0.15) is 8.42 Å². The summed E-state index contributed by atoms with van der Waals surface area (Å²) >= 11 is 14.9. The Hall–Kier alpha value is -10.9. The van der Waals surface area contributed by atoms with Crippen molar-refractivity contribution in [2.45, 2.75) is 170 Å².